The summed E-state index contributed by atoms with van der Waals surface area (Å²) in [6.45, 7) is 3.32. The van der Waals surface area contributed by atoms with Gasteiger partial charge in [0.15, 0.2) is 0 Å². The summed E-state index contributed by atoms with van der Waals surface area (Å²) in [6.07, 6.45) is 0.965. The van der Waals surface area contributed by atoms with Gasteiger partial charge in [-0.3, -0.25) is 0 Å². The van der Waals surface area contributed by atoms with Crippen LogP contribution >= 0.6 is 23.2 Å². The SMILES string of the molecule is CCCn1nnnc1NCc1c(Cl)cccc1Cl. The lowest BCUT2D eigenvalue weighted by atomic mass is 10.2. The standard InChI is InChI=1S/C11H13Cl2N5/c1-2-6-18-11(15-16-17-18)14-7-8-9(12)4-3-5-10(8)13/h3-5H,2,6-7H2,1H3,(H,14,15,17). The average molecular weight is 286 g/mol. The third-order valence-electron chi connectivity index (χ3n) is 2.45. The summed E-state index contributed by atoms with van der Waals surface area (Å²) in [4.78, 5) is 0. The normalized spacial score (nSPS) is 10.6. The molecule has 7 heteroatoms. The number of anilines is 1. The summed E-state index contributed by atoms with van der Waals surface area (Å²) in [5.74, 6) is 0.618. The summed E-state index contributed by atoms with van der Waals surface area (Å²) >= 11 is 12.2. The Labute approximate surface area is 115 Å². The molecule has 1 aromatic carbocycles. The van der Waals surface area contributed by atoms with Gasteiger partial charge in [0.2, 0.25) is 5.95 Å². The predicted octanol–water partition coefficient (Wildman–Crippen LogP) is 3.00. The van der Waals surface area contributed by atoms with Crippen molar-refractivity contribution in [3.8, 4) is 0 Å². The topological polar surface area (TPSA) is 55.6 Å². The van der Waals surface area contributed by atoms with Crippen LogP contribution in [0.15, 0.2) is 18.2 Å². The molecule has 18 heavy (non-hydrogen) atoms. The van der Waals surface area contributed by atoms with Gasteiger partial charge in [0.05, 0.1) is 0 Å². The molecule has 0 bridgehead atoms. The minimum absolute atomic E-state index is 0.489. The van der Waals surface area contributed by atoms with Crippen LogP contribution in [0.5, 0.6) is 0 Å². The van der Waals surface area contributed by atoms with Gasteiger partial charge in [-0.1, -0.05) is 41.3 Å². The van der Waals surface area contributed by atoms with Gasteiger partial charge in [0.25, 0.3) is 0 Å². The first-order chi connectivity index (χ1) is 8.72. The highest BCUT2D eigenvalue weighted by Crippen LogP contribution is 2.24. The molecule has 0 atom stereocenters. The van der Waals surface area contributed by atoms with Crippen LogP contribution < -0.4 is 5.32 Å². The van der Waals surface area contributed by atoms with Crippen LogP contribution in [-0.2, 0) is 13.1 Å². The maximum atomic E-state index is 6.09. The number of hydrogen-bond donors (Lipinski definition) is 1. The third kappa shape index (κ3) is 2.91. The van der Waals surface area contributed by atoms with Crippen LogP contribution in [0.1, 0.15) is 18.9 Å². The summed E-state index contributed by atoms with van der Waals surface area (Å²) < 4.78 is 1.71. The van der Waals surface area contributed by atoms with Gasteiger partial charge >= 0.3 is 0 Å². The number of hydrogen-bond acceptors (Lipinski definition) is 4. The zero-order valence-corrected chi connectivity index (χ0v) is 11.4. The Morgan fingerprint density at radius 3 is 2.67 bits per heavy atom. The van der Waals surface area contributed by atoms with Gasteiger partial charge in [-0.05, 0) is 29.0 Å². The molecule has 0 aliphatic carbocycles. The summed E-state index contributed by atoms with van der Waals surface area (Å²) in [5, 5.41) is 15.8. The number of tetrazole rings is 1. The Kier molecular flexibility index (Phi) is 4.38. The van der Waals surface area contributed by atoms with Crippen molar-refractivity contribution in [2.45, 2.75) is 26.4 Å². The molecule has 96 valence electrons. The number of rotatable bonds is 5. The van der Waals surface area contributed by atoms with Crippen molar-refractivity contribution in [3.05, 3.63) is 33.8 Å². The number of aryl methyl sites for hydroxylation is 1. The van der Waals surface area contributed by atoms with E-state index in [1.807, 2.05) is 6.07 Å². The van der Waals surface area contributed by atoms with Crippen molar-refractivity contribution >= 4 is 29.2 Å². The fourth-order valence-corrected chi connectivity index (χ4v) is 2.09. The Balaban J connectivity index is 2.09. The largest absolute Gasteiger partial charge is 0.349 e. The van der Waals surface area contributed by atoms with E-state index in [1.54, 1.807) is 16.8 Å². The van der Waals surface area contributed by atoms with Gasteiger partial charge in [-0.15, -0.1) is 0 Å². The van der Waals surface area contributed by atoms with Gasteiger partial charge in [-0.25, -0.2) is 4.68 Å². The van der Waals surface area contributed by atoms with E-state index in [0.29, 0.717) is 22.5 Å². The van der Waals surface area contributed by atoms with Crippen LogP contribution in [0.2, 0.25) is 10.0 Å². The first-order valence-electron chi connectivity index (χ1n) is 5.65. The monoisotopic (exact) mass is 285 g/mol. The molecule has 0 fully saturated rings. The molecule has 5 nitrogen and oxygen atoms in total. The van der Waals surface area contributed by atoms with Gasteiger partial charge in [0, 0.05) is 28.7 Å². The second-order valence-electron chi connectivity index (χ2n) is 3.78. The fraction of sp³-hybridized carbons (Fsp3) is 0.364. The van der Waals surface area contributed by atoms with Crippen LogP contribution in [0.25, 0.3) is 0 Å². The van der Waals surface area contributed by atoms with Crippen LogP contribution in [0, 0.1) is 0 Å². The second kappa shape index (κ2) is 6.02. The molecule has 0 amide bonds. The number of nitrogens with zero attached hydrogens (tertiary/aromatic N) is 4. The molecule has 0 saturated carbocycles. The molecule has 1 N–H and O–H groups in total. The first kappa shape index (κ1) is 13.1. The maximum Gasteiger partial charge on any atom is 0.243 e. The van der Waals surface area contributed by atoms with E-state index >= 15 is 0 Å². The smallest absolute Gasteiger partial charge is 0.243 e. The van der Waals surface area contributed by atoms with Crippen LogP contribution in [0.4, 0.5) is 5.95 Å². The van der Waals surface area contributed by atoms with Crippen molar-refractivity contribution in [1.29, 1.82) is 0 Å². The molecule has 0 aliphatic rings. The van der Waals surface area contributed by atoms with E-state index in [-0.39, 0.29) is 0 Å². The number of benzene rings is 1. The molecule has 1 aromatic heterocycles. The zero-order chi connectivity index (χ0) is 13.0. The highest BCUT2D eigenvalue weighted by atomic mass is 35.5. The average Bonchev–Trinajstić information content (AvgIpc) is 2.77. The molecule has 0 aliphatic heterocycles. The molecule has 2 aromatic rings. The minimum Gasteiger partial charge on any atom is -0.349 e. The van der Waals surface area contributed by atoms with Gasteiger partial charge < -0.3 is 5.32 Å². The quantitative estimate of drug-likeness (QED) is 0.918. The number of halogens is 2. The highest BCUT2D eigenvalue weighted by Gasteiger charge is 2.08. The van der Waals surface area contributed by atoms with Crippen molar-refractivity contribution in [3.63, 3.8) is 0 Å². The molecule has 2 rings (SSSR count). The van der Waals surface area contributed by atoms with Crippen LogP contribution in [0.3, 0.4) is 0 Å². The molecule has 0 spiro atoms. The lowest BCUT2D eigenvalue weighted by Gasteiger charge is -2.09. The molecule has 0 saturated heterocycles. The third-order valence-corrected chi connectivity index (χ3v) is 3.16. The number of aromatic nitrogens is 4. The van der Waals surface area contributed by atoms with E-state index < -0.39 is 0 Å². The Hall–Kier alpha value is -1.33. The van der Waals surface area contributed by atoms with Gasteiger partial charge in [0.1, 0.15) is 0 Å². The second-order valence-corrected chi connectivity index (χ2v) is 4.59. The highest BCUT2D eigenvalue weighted by molar-refractivity contribution is 6.36. The fourth-order valence-electron chi connectivity index (χ4n) is 1.56. The van der Waals surface area contributed by atoms with Crippen molar-refractivity contribution in [2.24, 2.45) is 0 Å². The maximum absolute atomic E-state index is 6.09. The van der Waals surface area contributed by atoms with Crippen molar-refractivity contribution in [1.82, 2.24) is 20.2 Å². The van der Waals surface area contributed by atoms with E-state index in [9.17, 15) is 0 Å². The Morgan fingerprint density at radius 2 is 2.00 bits per heavy atom. The number of nitrogens with one attached hydrogen (secondary N) is 1. The Morgan fingerprint density at radius 1 is 1.28 bits per heavy atom. The van der Waals surface area contributed by atoms with E-state index in [4.69, 9.17) is 23.2 Å². The molecular weight excluding hydrogens is 273 g/mol. The zero-order valence-electron chi connectivity index (χ0n) is 9.90. The lowest BCUT2D eigenvalue weighted by molar-refractivity contribution is 0.582. The Bertz CT molecular complexity index is 506. The van der Waals surface area contributed by atoms with Crippen molar-refractivity contribution < 1.29 is 0 Å². The predicted molar refractivity (Wildman–Crippen MR) is 71.9 cm³/mol. The molecular formula is C11H13Cl2N5. The summed E-state index contributed by atoms with van der Waals surface area (Å²) in [5.41, 5.74) is 0.840. The molecule has 0 radical (unpaired) electrons. The summed E-state index contributed by atoms with van der Waals surface area (Å²) in [6, 6.07) is 5.42. The van der Waals surface area contributed by atoms with Crippen molar-refractivity contribution in [2.75, 3.05) is 5.32 Å². The lowest BCUT2D eigenvalue weighted by Crippen LogP contribution is -2.09. The molecule has 1 heterocycles. The first-order valence-corrected chi connectivity index (χ1v) is 6.41. The van der Waals surface area contributed by atoms with E-state index in [0.717, 1.165) is 18.5 Å². The van der Waals surface area contributed by atoms with E-state index in [2.05, 4.69) is 27.8 Å². The molecule has 0 unspecified atom stereocenters. The van der Waals surface area contributed by atoms with Gasteiger partial charge in [-0.2, -0.15) is 0 Å². The van der Waals surface area contributed by atoms with E-state index in [1.165, 1.54) is 0 Å². The summed E-state index contributed by atoms with van der Waals surface area (Å²) in [7, 11) is 0. The minimum atomic E-state index is 0.489. The van der Waals surface area contributed by atoms with Crippen LogP contribution in [-0.4, -0.2) is 20.2 Å².